The Morgan fingerprint density at radius 2 is 1.60 bits per heavy atom. The van der Waals surface area contributed by atoms with Crippen LogP contribution in [0.3, 0.4) is 0 Å². The quantitative estimate of drug-likeness (QED) is 0.755. The molecule has 0 spiro atoms. The van der Waals surface area contributed by atoms with Crippen LogP contribution >= 0.6 is 11.6 Å². The number of nitrogen functional groups attached to an aromatic ring is 1. The summed E-state index contributed by atoms with van der Waals surface area (Å²) in [5.41, 5.74) is 9.90. The third-order valence-corrected chi connectivity index (χ3v) is 5.38. The molecule has 0 aliphatic carbocycles. The van der Waals surface area contributed by atoms with Crippen LogP contribution < -0.4 is 5.73 Å². The van der Waals surface area contributed by atoms with Crippen LogP contribution in [0.25, 0.3) is 22.3 Å². The number of benzene rings is 1. The van der Waals surface area contributed by atoms with Crippen molar-refractivity contribution in [3.05, 3.63) is 59.5 Å². The number of aromatic nitrogens is 2. The Morgan fingerprint density at radius 1 is 0.960 bits per heavy atom. The van der Waals surface area contributed by atoms with Crippen molar-refractivity contribution in [3.8, 4) is 22.3 Å². The van der Waals surface area contributed by atoms with Crippen LogP contribution in [-0.2, 0) is 9.84 Å². The third-order valence-electron chi connectivity index (χ3n) is 3.87. The SMILES string of the molecule is Cc1ncc(-c2cc(-c3ccc(S(C)(=O)=O)cc3)cnc2N)cc1Cl. The van der Waals surface area contributed by atoms with Gasteiger partial charge in [0.2, 0.25) is 0 Å². The number of halogens is 1. The van der Waals surface area contributed by atoms with Crippen molar-refractivity contribution in [1.29, 1.82) is 0 Å². The van der Waals surface area contributed by atoms with Crippen molar-refractivity contribution in [2.75, 3.05) is 12.0 Å². The van der Waals surface area contributed by atoms with E-state index < -0.39 is 9.84 Å². The van der Waals surface area contributed by atoms with E-state index in [-0.39, 0.29) is 4.90 Å². The summed E-state index contributed by atoms with van der Waals surface area (Å²) in [6, 6.07) is 10.3. The lowest BCUT2D eigenvalue weighted by molar-refractivity contribution is 0.602. The van der Waals surface area contributed by atoms with Crippen molar-refractivity contribution in [1.82, 2.24) is 9.97 Å². The fraction of sp³-hybridized carbons (Fsp3) is 0.111. The van der Waals surface area contributed by atoms with Gasteiger partial charge >= 0.3 is 0 Å². The molecule has 0 fully saturated rings. The Morgan fingerprint density at radius 3 is 2.20 bits per heavy atom. The van der Waals surface area contributed by atoms with Gasteiger partial charge in [-0.3, -0.25) is 4.98 Å². The molecular weight excluding hydrogens is 358 g/mol. The normalized spacial score (nSPS) is 11.5. The van der Waals surface area contributed by atoms with Crippen LogP contribution in [0.1, 0.15) is 5.69 Å². The first kappa shape index (κ1) is 17.4. The molecule has 7 heteroatoms. The first-order chi connectivity index (χ1) is 11.8. The highest BCUT2D eigenvalue weighted by atomic mass is 35.5. The van der Waals surface area contributed by atoms with Gasteiger partial charge in [-0.1, -0.05) is 23.7 Å². The van der Waals surface area contributed by atoms with Crippen LogP contribution in [0.5, 0.6) is 0 Å². The van der Waals surface area contributed by atoms with E-state index in [1.165, 1.54) is 6.26 Å². The van der Waals surface area contributed by atoms with Gasteiger partial charge in [-0.15, -0.1) is 0 Å². The van der Waals surface area contributed by atoms with Gasteiger partial charge in [0.25, 0.3) is 0 Å². The van der Waals surface area contributed by atoms with Crippen LogP contribution in [0, 0.1) is 6.92 Å². The molecule has 0 bridgehead atoms. The zero-order chi connectivity index (χ0) is 18.2. The molecule has 25 heavy (non-hydrogen) atoms. The average Bonchev–Trinajstić information content (AvgIpc) is 2.57. The number of anilines is 1. The Hall–Kier alpha value is -2.44. The monoisotopic (exact) mass is 373 g/mol. The Balaban J connectivity index is 2.06. The number of hydrogen-bond donors (Lipinski definition) is 1. The van der Waals surface area contributed by atoms with Crippen LogP contribution in [0.4, 0.5) is 5.82 Å². The van der Waals surface area contributed by atoms with Gasteiger partial charge in [0, 0.05) is 35.3 Å². The lowest BCUT2D eigenvalue weighted by atomic mass is 10.0. The van der Waals surface area contributed by atoms with Crippen LogP contribution in [0.2, 0.25) is 5.02 Å². The zero-order valence-electron chi connectivity index (χ0n) is 13.7. The lowest BCUT2D eigenvalue weighted by Crippen LogP contribution is -1.97. The topological polar surface area (TPSA) is 85.9 Å². The van der Waals surface area contributed by atoms with E-state index in [9.17, 15) is 8.42 Å². The first-order valence-corrected chi connectivity index (χ1v) is 9.71. The molecule has 3 aromatic rings. The summed E-state index contributed by atoms with van der Waals surface area (Å²) < 4.78 is 23.2. The molecule has 0 saturated carbocycles. The molecule has 3 rings (SSSR count). The van der Waals surface area contributed by atoms with E-state index in [4.69, 9.17) is 17.3 Å². The van der Waals surface area contributed by atoms with E-state index in [0.29, 0.717) is 10.8 Å². The van der Waals surface area contributed by atoms with E-state index in [0.717, 1.165) is 27.9 Å². The molecular formula is C18H16ClN3O2S. The third kappa shape index (κ3) is 3.65. The van der Waals surface area contributed by atoms with Crippen LogP contribution in [0.15, 0.2) is 53.7 Å². The van der Waals surface area contributed by atoms with Gasteiger partial charge < -0.3 is 5.73 Å². The number of rotatable bonds is 3. The number of aryl methyl sites for hydroxylation is 1. The van der Waals surface area contributed by atoms with Gasteiger partial charge in [-0.25, -0.2) is 13.4 Å². The van der Waals surface area contributed by atoms with E-state index in [1.54, 1.807) is 42.7 Å². The minimum absolute atomic E-state index is 0.273. The van der Waals surface area contributed by atoms with Gasteiger partial charge in [-0.2, -0.15) is 0 Å². The number of hydrogen-bond acceptors (Lipinski definition) is 5. The highest BCUT2D eigenvalue weighted by Gasteiger charge is 2.11. The van der Waals surface area contributed by atoms with Gasteiger partial charge in [0.1, 0.15) is 5.82 Å². The molecule has 0 amide bonds. The highest BCUT2D eigenvalue weighted by molar-refractivity contribution is 7.90. The fourth-order valence-corrected chi connectivity index (χ4v) is 3.21. The number of nitrogens with zero attached hydrogens (tertiary/aromatic N) is 2. The predicted molar refractivity (Wildman–Crippen MR) is 100 cm³/mol. The average molecular weight is 374 g/mol. The second-order valence-electron chi connectivity index (χ2n) is 5.74. The molecule has 2 heterocycles. The molecule has 1 aromatic carbocycles. The smallest absolute Gasteiger partial charge is 0.175 e. The molecule has 0 aliphatic heterocycles. The number of pyridine rings is 2. The maximum atomic E-state index is 11.6. The van der Waals surface area contributed by atoms with Gasteiger partial charge in [-0.05, 0) is 36.8 Å². The van der Waals surface area contributed by atoms with Crippen molar-refractivity contribution >= 4 is 27.3 Å². The zero-order valence-corrected chi connectivity index (χ0v) is 15.3. The summed E-state index contributed by atoms with van der Waals surface area (Å²) in [6.45, 7) is 1.83. The standard InChI is InChI=1S/C18H16ClN3O2S/c1-11-17(19)8-14(10-21-11)16-7-13(9-22-18(16)20)12-3-5-15(6-4-12)25(2,23)24/h3-10H,1-2H3,(H2,20,22). The van der Waals surface area contributed by atoms with Crippen molar-refractivity contribution in [3.63, 3.8) is 0 Å². The Kier molecular flexibility index (Phi) is 4.49. The van der Waals surface area contributed by atoms with Gasteiger partial charge in [0.05, 0.1) is 15.6 Å². The van der Waals surface area contributed by atoms with Crippen molar-refractivity contribution in [2.45, 2.75) is 11.8 Å². The molecule has 5 nitrogen and oxygen atoms in total. The molecule has 2 N–H and O–H groups in total. The molecule has 2 aromatic heterocycles. The Bertz CT molecular complexity index is 1050. The van der Waals surface area contributed by atoms with E-state index >= 15 is 0 Å². The second-order valence-corrected chi connectivity index (χ2v) is 8.17. The summed E-state index contributed by atoms with van der Waals surface area (Å²) in [5, 5.41) is 0.555. The van der Waals surface area contributed by atoms with Crippen molar-refractivity contribution < 1.29 is 8.42 Å². The maximum Gasteiger partial charge on any atom is 0.175 e. The molecule has 0 saturated heterocycles. The van der Waals surface area contributed by atoms with Crippen LogP contribution in [-0.4, -0.2) is 24.6 Å². The maximum absolute atomic E-state index is 11.6. The second kappa shape index (κ2) is 6.46. The van der Waals surface area contributed by atoms with Crippen molar-refractivity contribution in [2.24, 2.45) is 0 Å². The largest absolute Gasteiger partial charge is 0.383 e. The molecule has 0 radical (unpaired) electrons. The summed E-state index contributed by atoms with van der Waals surface area (Å²) in [5.74, 6) is 0.373. The summed E-state index contributed by atoms with van der Waals surface area (Å²) in [7, 11) is -3.23. The fourth-order valence-electron chi connectivity index (χ4n) is 2.41. The molecule has 0 unspecified atom stereocenters. The van der Waals surface area contributed by atoms with Gasteiger partial charge in [0.15, 0.2) is 9.84 Å². The summed E-state index contributed by atoms with van der Waals surface area (Å²) in [6.07, 6.45) is 4.53. The molecule has 0 aliphatic rings. The summed E-state index contributed by atoms with van der Waals surface area (Å²) in [4.78, 5) is 8.77. The molecule has 0 atom stereocenters. The Labute approximate surface area is 151 Å². The first-order valence-electron chi connectivity index (χ1n) is 7.44. The van der Waals surface area contributed by atoms with E-state index in [2.05, 4.69) is 9.97 Å². The minimum atomic E-state index is -3.23. The number of nitrogens with two attached hydrogens (primary N) is 1. The highest BCUT2D eigenvalue weighted by Crippen LogP contribution is 2.31. The summed E-state index contributed by atoms with van der Waals surface area (Å²) >= 11 is 6.15. The molecule has 128 valence electrons. The minimum Gasteiger partial charge on any atom is -0.383 e. The predicted octanol–water partition coefficient (Wildman–Crippen LogP) is 3.76. The van der Waals surface area contributed by atoms with E-state index in [1.807, 2.05) is 13.0 Å². The number of sulfone groups is 1. The lowest BCUT2D eigenvalue weighted by Gasteiger charge is -2.10.